The third-order valence-corrected chi connectivity index (χ3v) is 8.33. The summed E-state index contributed by atoms with van der Waals surface area (Å²) in [6.07, 6.45) is 8.87. The lowest BCUT2D eigenvalue weighted by Gasteiger charge is -2.49. The van der Waals surface area contributed by atoms with Gasteiger partial charge in [-0.15, -0.1) is 0 Å². The van der Waals surface area contributed by atoms with Crippen molar-refractivity contribution < 1.29 is 19.6 Å². The topological polar surface area (TPSA) is 67.9 Å². The average Bonchev–Trinajstić information content (AvgIpc) is 3.29. The lowest BCUT2D eigenvalue weighted by atomic mass is 9.55. The van der Waals surface area contributed by atoms with Crippen LogP contribution in [0, 0.1) is 23.2 Å². The number of quaternary nitrogens is 1. The van der Waals surface area contributed by atoms with Crippen LogP contribution >= 0.6 is 0 Å². The summed E-state index contributed by atoms with van der Waals surface area (Å²) in [6, 6.07) is 6.13. The van der Waals surface area contributed by atoms with Gasteiger partial charge in [-0.2, -0.15) is 0 Å². The first kappa shape index (κ1) is 20.6. The number of allylic oxidation sites excluding steroid dienone is 1. The van der Waals surface area contributed by atoms with Crippen LogP contribution in [0.1, 0.15) is 44.6 Å². The van der Waals surface area contributed by atoms with Gasteiger partial charge in [0.15, 0.2) is 0 Å². The number of aromatic amines is 1. The smallest absolute Gasteiger partial charge is 0.315 e. The monoisotopic (exact) mass is 423 g/mol. The molecule has 0 amide bonds. The number of rotatable bonds is 6. The van der Waals surface area contributed by atoms with E-state index < -0.39 is 0 Å². The molecule has 1 aromatic carbocycles. The van der Waals surface area contributed by atoms with Crippen molar-refractivity contribution in [3.05, 3.63) is 42.1 Å². The molecule has 0 bridgehead atoms. The molecule has 5 nitrogen and oxygen atoms in total. The van der Waals surface area contributed by atoms with Gasteiger partial charge in [-0.05, 0) is 67.2 Å². The predicted octanol–water partition coefficient (Wildman–Crippen LogP) is 3.60. The van der Waals surface area contributed by atoms with E-state index >= 15 is 0 Å². The Morgan fingerprint density at radius 1 is 1.39 bits per heavy atom. The number of fused-ring (bicyclic) bond motifs is 3. The van der Waals surface area contributed by atoms with Crippen LogP contribution in [0.3, 0.4) is 0 Å². The zero-order chi connectivity index (χ0) is 21.6. The molecule has 0 radical (unpaired) electrons. The molecule has 0 spiro atoms. The summed E-state index contributed by atoms with van der Waals surface area (Å²) in [6.45, 7) is 8.57. The van der Waals surface area contributed by atoms with Gasteiger partial charge < -0.3 is 19.8 Å². The molecule has 1 aliphatic heterocycles. The number of carbonyl (C=O) groups excluding carboxylic acids is 1. The Labute approximate surface area is 184 Å². The standard InChI is InChI=1S/C26H34N2O3/c1-16-5-4-9-26(2)13-24-20(12-22(16)26)21(25(29)31-24)15-27-10-8-17-14-28-23-7-6-18(30-3)11-19(17)23/h6-7,11,14,20-22,24,27-28H,1,4-5,8-10,12-13,15H2,2-3H3/p+1/t20-,21-,22+,24-,26-/m1/s1. The second kappa shape index (κ2) is 8.01. The number of hydrogen-bond donors (Lipinski definition) is 2. The zero-order valence-electron chi connectivity index (χ0n) is 18.8. The fourth-order valence-corrected chi connectivity index (χ4v) is 6.57. The molecule has 2 aromatic rings. The van der Waals surface area contributed by atoms with Crippen molar-refractivity contribution in [3.63, 3.8) is 0 Å². The van der Waals surface area contributed by atoms with Crippen LogP contribution in [-0.2, 0) is 16.0 Å². The fraction of sp³-hybridized carbons (Fsp3) is 0.577. The molecule has 5 heteroatoms. The summed E-state index contributed by atoms with van der Waals surface area (Å²) in [5.41, 5.74) is 4.11. The Kier molecular flexibility index (Phi) is 5.33. The van der Waals surface area contributed by atoms with E-state index in [2.05, 4.69) is 42.1 Å². The molecule has 3 N–H and O–H groups in total. The van der Waals surface area contributed by atoms with Gasteiger partial charge in [0.2, 0.25) is 0 Å². The highest BCUT2D eigenvalue weighted by molar-refractivity contribution is 5.84. The van der Waals surface area contributed by atoms with Crippen LogP contribution in [0.4, 0.5) is 0 Å². The van der Waals surface area contributed by atoms with Gasteiger partial charge >= 0.3 is 5.97 Å². The highest BCUT2D eigenvalue weighted by Gasteiger charge is 2.55. The SMILES string of the molecule is C=C1CCC[C@]2(C)C[C@H]3OC(=O)[C@H](C[NH2+]CCc4c[nH]c5ccc(OC)cc45)[C@H]3C[C@@H]12. The maximum absolute atomic E-state index is 12.7. The number of hydrogen-bond acceptors (Lipinski definition) is 3. The van der Waals surface area contributed by atoms with E-state index in [-0.39, 0.29) is 23.4 Å². The quantitative estimate of drug-likeness (QED) is 0.424. The van der Waals surface area contributed by atoms with Crippen LogP contribution in [0.25, 0.3) is 10.9 Å². The molecule has 0 unspecified atom stereocenters. The predicted molar refractivity (Wildman–Crippen MR) is 121 cm³/mol. The normalized spacial score (nSPS) is 32.6. The van der Waals surface area contributed by atoms with Gasteiger partial charge in [0, 0.05) is 29.4 Å². The van der Waals surface area contributed by atoms with Gasteiger partial charge in [0.25, 0.3) is 0 Å². The van der Waals surface area contributed by atoms with Gasteiger partial charge in [0.05, 0.1) is 20.2 Å². The summed E-state index contributed by atoms with van der Waals surface area (Å²) >= 11 is 0. The largest absolute Gasteiger partial charge is 0.497 e. The minimum Gasteiger partial charge on any atom is -0.497 e. The minimum absolute atomic E-state index is 0.0207. The molecule has 1 aromatic heterocycles. The average molecular weight is 424 g/mol. The molecule has 3 aliphatic rings. The summed E-state index contributed by atoms with van der Waals surface area (Å²) in [5.74, 6) is 1.84. The first-order chi connectivity index (χ1) is 15.0. The van der Waals surface area contributed by atoms with E-state index in [1.807, 2.05) is 6.07 Å². The highest BCUT2D eigenvalue weighted by Crippen LogP contribution is 2.56. The Hall–Kier alpha value is -2.27. The van der Waals surface area contributed by atoms with Crippen molar-refractivity contribution in [1.29, 1.82) is 0 Å². The van der Waals surface area contributed by atoms with Crippen molar-refractivity contribution in [2.24, 2.45) is 23.2 Å². The second-order valence-corrected chi connectivity index (χ2v) is 10.2. The molecule has 5 atom stereocenters. The molecular formula is C26H35N2O3+. The van der Waals surface area contributed by atoms with E-state index in [0.717, 1.165) is 50.0 Å². The second-order valence-electron chi connectivity index (χ2n) is 10.2. The molecule has 5 rings (SSSR count). The summed E-state index contributed by atoms with van der Waals surface area (Å²) in [5, 5.41) is 3.52. The van der Waals surface area contributed by atoms with Gasteiger partial charge in [0.1, 0.15) is 17.8 Å². The van der Waals surface area contributed by atoms with Gasteiger partial charge in [-0.1, -0.05) is 19.1 Å². The highest BCUT2D eigenvalue weighted by atomic mass is 16.6. The summed E-state index contributed by atoms with van der Waals surface area (Å²) < 4.78 is 11.3. The third kappa shape index (κ3) is 3.67. The van der Waals surface area contributed by atoms with Gasteiger partial charge in [-0.3, -0.25) is 4.79 Å². The number of aromatic nitrogens is 1. The molecule has 2 aliphatic carbocycles. The number of nitrogens with one attached hydrogen (secondary N) is 1. The summed E-state index contributed by atoms with van der Waals surface area (Å²) in [4.78, 5) is 16.1. The van der Waals surface area contributed by atoms with E-state index in [1.54, 1.807) is 7.11 Å². The fourth-order valence-electron chi connectivity index (χ4n) is 6.57. The summed E-state index contributed by atoms with van der Waals surface area (Å²) in [7, 11) is 1.70. The van der Waals surface area contributed by atoms with Crippen LogP contribution < -0.4 is 10.1 Å². The van der Waals surface area contributed by atoms with Crippen molar-refractivity contribution in [1.82, 2.24) is 4.98 Å². The van der Waals surface area contributed by atoms with Crippen molar-refractivity contribution in [2.45, 2.75) is 51.6 Å². The van der Waals surface area contributed by atoms with Gasteiger partial charge in [-0.25, -0.2) is 0 Å². The Bertz CT molecular complexity index is 996. The van der Waals surface area contributed by atoms with Crippen molar-refractivity contribution in [3.8, 4) is 5.75 Å². The number of methoxy groups -OCH3 is 1. The molecule has 1 saturated heterocycles. The molecule has 3 fully saturated rings. The van der Waals surface area contributed by atoms with E-state index in [9.17, 15) is 4.79 Å². The number of esters is 1. The van der Waals surface area contributed by atoms with E-state index in [0.29, 0.717) is 11.8 Å². The Balaban J connectivity index is 1.20. The lowest BCUT2D eigenvalue weighted by Crippen LogP contribution is -2.86. The van der Waals surface area contributed by atoms with Crippen LogP contribution in [0.15, 0.2) is 36.5 Å². The van der Waals surface area contributed by atoms with Crippen molar-refractivity contribution in [2.75, 3.05) is 20.2 Å². The van der Waals surface area contributed by atoms with Crippen molar-refractivity contribution >= 4 is 16.9 Å². The Morgan fingerprint density at radius 3 is 3.10 bits per heavy atom. The first-order valence-corrected chi connectivity index (χ1v) is 11.8. The number of carbonyl (C=O) groups is 1. The number of nitrogens with two attached hydrogens (primary N) is 1. The van der Waals surface area contributed by atoms with Crippen LogP contribution in [-0.4, -0.2) is 37.3 Å². The van der Waals surface area contributed by atoms with Crippen LogP contribution in [0.5, 0.6) is 5.75 Å². The zero-order valence-corrected chi connectivity index (χ0v) is 18.8. The first-order valence-electron chi connectivity index (χ1n) is 11.8. The maximum Gasteiger partial charge on any atom is 0.315 e. The third-order valence-electron chi connectivity index (χ3n) is 8.33. The molecule has 31 heavy (non-hydrogen) atoms. The van der Waals surface area contributed by atoms with E-state index in [1.165, 1.54) is 29.4 Å². The maximum atomic E-state index is 12.7. The number of ether oxygens (including phenoxy) is 2. The molecule has 2 heterocycles. The van der Waals surface area contributed by atoms with E-state index in [4.69, 9.17) is 9.47 Å². The molecule has 2 saturated carbocycles. The molecular weight excluding hydrogens is 388 g/mol. The van der Waals surface area contributed by atoms with Crippen LogP contribution in [0.2, 0.25) is 0 Å². The Morgan fingerprint density at radius 2 is 2.26 bits per heavy atom. The molecule has 166 valence electrons. The number of H-pyrrole nitrogens is 1. The lowest BCUT2D eigenvalue weighted by molar-refractivity contribution is -0.658. The number of benzene rings is 1. The minimum atomic E-state index is 0.0207.